The summed E-state index contributed by atoms with van der Waals surface area (Å²) in [4.78, 5) is 1.80. The largest absolute Gasteiger partial charge is 0.397 e. The molecule has 0 saturated carbocycles. The number of nitrogens with two attached hydrogens (primary N) is 1. The molecular formula is C13H19FN2O2. The minimum atomic E-state index is -0.786. The number of nitrogens with zero attached hydrogens (tertiary/aromatic N) is 1. The van der Waals surface area contributed by atoms with Crippen molar-refractivity contribution in [2.45, 2.75) is 18.4 Å². The highest BCUT2D eigenvalue weighted by atomic mass is 19.1. The molecule has 0 bridgehead atoms. The van der Waals surface area contributed by atoms with E-state index in [1.165, 1.54) is 18.2 Å². The molecule has 1 aromatic rings. The fourth-order valence-electron chi connectivity index (χ4n) is 2.28. The predicted molar refractivity (Wildman–Crippen MR) is 69.1 cm³/mol. The second-order valence-electron chi connectivity index (χ2n) is 4.90. The summed E-state index contributed by atoms with van der Waals surface area (Å²) in [7, 11) is 1.80. The Kier molecular flexibility index (Phi) is 3.73. The van der Waals surface area contributed by atoms with Crippen molar-refractivity contribution in [3.05, 3.63) is 24.0 Å². The first-order chi connectivity index (χ1) is 8.50. The van der Waals surface area contributed by atoms with Gasteiger partial charge < -0.3 is 20.5 Å². The molecule has 18 heavy (non-hydrogen) atoms. The van der Waals surface area contributed by atoms with Gasteiger partial charge in [0, 0.05) is 39.6 Å². The molecular weight excluding hydrogens is 235 g/mol. The van der Waals surface area contributed by atoms with Gasteiger partial charge in [0.1, 0.15) is 5.82 Å². The summed E-state index contributed by atoms with van der Waals surface area (Å²) < 4.78 is 18.4. The molecule has 1 aliphatic heterocycles. The summed E-state index contributed by atoms with van der Waals surface area (Å²) in [6.45, 7) is 1.54. The zero-order chi connectivity index (χ0) is 13.2. The van der Waals surface area contributed by atoms with Crippen molar-refractivity contribution >= 4 is 11.4 Å². The normalized spacial score (nSPS) is 18.6. The van der Waals surface area contributed by atoms with Crippen LogP contribution in [-0.2, 0) is 4.74 Å². The molecule has 1 fully saturated rings. The van der Waals surface area contributed by atoms with Crippen LogP contribution in [-0.4, -0.2) is 37.5 Å². The smallest absolute Gasteiger partial charge is 0.125 e. The van der Waals surface area contributed by atoms with Crippen molar-refractivity contribution in [1.29, 1.82) is 0 Å². The van der Waals surface area contributed by atoms with Gasteiger partial charge in [0.2, 0.25) is 0 Å². The lowest BCUT2D eigenvalue weighted by Crippen LogP contribution is -2.45. The molecule has 4 nitrogen and oxygen atoms in total. The maximum Gasteiger partial charge on any atom is 0.125 e. The topological polar surface area (TPSA) is 58.7 Å². The first-order valence-corrected chi connectivity index (χ1v) is 6.06. The summed E-state index contributed by atoms with van der Waals surface area (Å²) in [5, 5.41) is 10.4. The van der Waals surface area contributed by atoms with E-state index >= 15 is 0 Å². The maximum atomic E-state index is 13.2. The molecule has 100 valence electrons. The summed E-state index contributed by atoms with van der Waals surface area (Å²) in [5.41, 5.74) is 6.15. The van der Waals surface area contributed by atoms with E-state index in [9.17, 15) is 9.50 Å². The number of aliphatic hydroxyl groups is 1. The van der Waals surface area contributed by atoms with Crippen LogP contribution in [0.2, 0.25) is 0 Å². The van der Waals surface area contributed by atoms with Crippen LogP contribution in [0.3, 0.4) is 0 Å². The molecule has 1 heterocycles. The molecule has 0 aliphatic carbocycles. The zero-order valence-corrected chi connectivity index (χ0v) is 10.5. The van der Waals surface area contributed by atoms with Crippen LogP contribution >= 0.6 is 0 Å². The molecule has 0 aromatic heterocycles. The lowest BCUT2D eigenvalue weighted by Gasteiger charge is -2.36. The summed E-state index contributed by atoms with van der Waals surface area (Å²) in [6.07, 6.45) is 1.18. The second-order valence-corrected chi connectivity index (χ2v) is 4.90. The average molecular weight is 254 g/mol. The van der Waals surface area contributed by atoms with Crippen molar-refractivity contribution in [3.63, 3.8) is 0 Å². The highest BCUT2D eigenvalue weighted by Gasteiger charge is 2.31. The van der Waals surface area contributed by atoms with Crippen LogP contribution in [0.1, 0.15) is 12.8 Å². The number of likely N-dealkylation sites (N-methyl/N-ethyl adjacent to an activating group) is 1. The first-order valence-electron chi connectivity index (χ1n) is 6.06. The van der Waals surface area contributed by atoms with Gasteiger partial charge in [-0.05, 0) is 18.2 Å². The highest BCUT2D eigenvalue weighted by Crippen LogP contribution is 2.27. The number of nitrogen functional groups attached to an aromatic ring is 1. The number of hydrogen-bond acceptors (Lipinski definition) is 4. The van der Waals surface area contributed by atoms with E-state index in [1.807, 2.05) is 0 Å². The molecule has 0 radical (unpaired) electrons. The Morgan fingerprint density at radius 3 is 2.78 bits per heavy atom. The third kappa shape index (κ3) is 2.91. The van der Waals surface area contributed by atoms with E-state index in [2.05, 4.69) is 0 Å². The van der Waals surface area contributed by atoms with Gasteiger partial charge in [-0.1, -0.05) is 0 Å². The van der Waals surface area contributed by atoms with Crippen molar-refractivity contribution in [3.8, 4) is 0 Å². The number of halogens is 1. The first kappa shape index (κ1) is 13.1. The van der Waals surface area contributed by atoms with Crippen LogP contribution in [0.5, 0.6) is 0 Å². The molecule has 0 spiro atoms. The van der Waals surface area contributed by atoms with Gasteiger partial charge in [0.15, 0.2) is 0 Å². The van der Waals surface area contributed by atoms with Crippen molar-refractivity contribution in [2.75, 3.05) is 37.4 Å². The van der Waals surface area contributed by atoms with Gasteiger partial charge >= 0.3 is 0 Å². The van der Waals surface area contributed by atoms with Crippen LogP contribution < -0.4 is 10.6 Å². The van der Waals surface area contributed by atoms with Crippen LogP contribution in [0.4, 0.5) is 15.8 Å². The molecule has 0 unspecified atom stereocenters. The van der Waals surface area contributed by atoms with E-state index in [0.29, 0.717) is 44.0 Å². The Bertz CT molecular complexity index is 419. The van der Waals surface area contributed by atoms with Crippen LogP contribution in [0.25, 0.3) is 0 Å². The Hall–Kier alpha value is -1.33. The van der Waals surface area contributed by atoms with Gasteiger partial charge in [-0.3, -0.25) is 0 Å². The third-order valence-electron chi connectivity index (χ3n) is 3.36. The fraction of sp³-hybridized carbons (Fsp3) is 0.538. The molecule has 2 rings (SSSR count). The molecule has 3 N–H and O–H groups in total. The monoisotopic (exact) mass is 254 g/mol. The molecule has 5 heteroatoms. The highest BCUT2D eigenvalue weighted by molar-refractivity contribution is 5.67. The minimum Gasteiger partial charge on any atom is -0.397 e. The van der Waals surface area contributed by atoms with Crippen molar-refractivity contribution in [1.82, 2.24) is 0 Å². The standard InChI is InChI=1S/C13H19FN2O2/c1-16(9-13(17)4-6-18-7-5-13)12-8-10(14)2-3-11(12)15/h2-3,8,17H,4-7,9,15H2,1H3. The van der Waals surface area contributed by atoms with E-state index < -0.39 is 5.60 Å². The average Bonchev–Trinajstić information content (AvgIpc) is 2.32. The third-order valence-corrected chi connectivity index (χ3v) is 3.36. The SMILES string of the molecule is CN(CC1(O)CCOCC1)c1cc(F)ccc1N. The van der Waals surface area contributed by atoms with Gasteiger partial charge in [-0.25, -0.2) is 4.39 Å². The Balaban J connectivity index is 2.11. The lowest BCUT2D eigenvalue weighted by molar-refractivity contribution is -0.0572. The van der Waals surface area contributed by atoms with Gasteiger partial charge in [-0.2, -0.15) is 0 Å². The predicted octanol–water partition coefficient (Wildman–Crippen LogP) is 1.39. The zero-order valence-electron chi connectivity index (χ0n) is 10.5. The number of ether oxygens (including phenoxy) is 1. The van der Waals surface area contributed by atoms with Crippen LogP contribution in [0, 0.1) is 5.82 Å². The van der Waals surface area contributed by atoms with E-state index in [4.69, 9.17) is 10.5 Å². The summed E-state index contributed by atoms with van der Waals surface area (Å²) in [5.74, 6) is -0.329. The van der Waals surface area contributed by atoms with E-state index in [0.717, 1.165) is 0 Å². The number of rotatable bonds is 3. The summed E-state index contributed by atoms with van der Waals surface area (Å²) in [6, 6.07) is 4.25. The molecule has 1 aromatic carbocycles. The van der Waals surface area contributed by atoms with Gasteiger partial charge in [-0.15, -0.1) is 0 Å². The molecule has 0 atom stereocenters. The molecule has 1 saturated heterocycles. The minimum absolute atomic E-state index is 0.329. The molecule has 0 amide bonds. The number of benzene rings is 1. The lowest BCUT2D eigenvalue weighted by atomic mass is 9.93. The van der Waals surface area contributed by atoms with E-state index in [1.54, 1.807) is 11.9 Å². The Labute approximate surface area is 106 Å². The summed E-state index contributed by atoms with van der Waals surface area (Å²) >= 11 is 0. The Morgan fingerprint density at radius 1 is 1.44 bits per heavy atom. The molecule has 1 aliphatic rings. The second kappa shape index (κ2) is 5.12. The number of hydrogen-bond donors (Lipinski definition) is 2. The maximum absolute atomic E-state index is 13.2. The number of anilines is 2. The fourth-order valence-corrected chi connectivity index (χ4v) is 2.28. The van der Waals surface area contributed by atoms with Gasteiger partial charge in [0.05, 0.1) is 17.0 Å². The van der Waals surface area contributed by atoms with Gasteiger partial charge in [0.25, 0.3) is 0 Å². The van der Waals surface area contributed by atoms with Crippen molar-refractivity contribution in [2.24, 2.45) is 0 Å². The Morgan fingerprint density at radius 2 is 2.11 bits per heavy atom. The van der Waals surface area contributed by atoms with Crippen LogP contribution in [0.15, 0.2) is 18.2 Å². The van der Waals surface area contributed by atoms with E-state index in [-0.39, 0.29) is 5.82 Å². The van der Waals surface area contributed by atoms with Crippen molar-refractivity contribution < 1.29 is 14.2 Å². The quantitative estimate of drug-likeness (QED) is 0.800.